The summed E-state index contributed by atoms with van der Waals surface area (Å²) >= 11 is 1.35. The summed E-state index contributed by atoms with van der Waals surface area (Å²) in [6.45, 7) is 4.38. The Bertz CT molecular complexity index is 1180. The molecule has 0 spiro atoms. The highest BCUT2D eigenvalue weighted by Gasteiger charge is 2.23. The van der Waals surface area contributed by atoms with Crippen LogP contribution in [0.5, 0.6) is 0 Å². The molecule has 0 atom stereocenters. The molecule has 0 saturated heterocycles. The summed E-state index contributed by atoms with van der Waals surface area (Å²) < 4.78 is 28.4. The lowest BCUT2D eigenvalue weighted by atomic mass is 10.1. The maximum atomic E-state index is 12.8. The van der Waals surface area contributed by atoms with Gasteiger partial charge in [-0.15, -0.1) is 10.2 Å². The molecule has 1 heterocycles. The molecule has 0 aliphatic carbocycles. The van der Waals surface area contributed by atoms with Gasteiger partial charge >= 0.3 is 0 Å². The van der Waals surface area contributed by atoms with Gasteiger partial charge in [-0.2, -0.15) is 9.57 Å². The van der Waals surface area contributed by atoms with E-state index in [0.29, 0.717) is 41.0 Å². The van der Waals surface area contributed by atoms with Crippen molar-refractivity contribution in [2.24, 2.45) is 0 Å². The molecule has 2 N–H and O–H groups in total. The standard InChI is InChI=1S/C20H22N6O2S2/c1-3-25(4-2)30(27,28)18-11-7-10-15(12-18)19-23-24-20(26(19)22)29-14-17-9-6-5-8-16(17)13-21/h5-12H,3-4,14,22H2,1-2H3. The fourth-order valence-electron chi connectivity index (χ4n) is 2.98. The van der Waals surface area contributed by atoms with Crippen LogP contribution in [0.4, 0.5) is 0 Å². The minimum absolute atomic E-state index is 0.184. The van der Waals surface area contributed by atoms with Gasteiger partial charge in [-0.3, -0.25) is 0 Å². The summed E-state index contributed by atoms with van der Waals surface area (Å²) in [7, 11) is -3.59. The van der Waals surface area contributed by atoms with Crippen LogP contribution in [0, 0.1) is 11.3 Å². The number of nitrogens with zero attached hydrogens (tertiary/aromatic N) is 5. The maximum Gasteiger partial charge on any atom is 0.243 e. The summed E-state index contributed by atoms with van der Waals surface area (Å²) in [4.78, 5) is 0.184. The van der Waals surface area contributed by atoms with E-state index in [-0.39, 0.29) is 4.90 Å². The van der Waals surface area contributed by atoms with Gasteiger partial charge in [0.05, 0.1) is 16.5 Å². The Labute approximate surface area is 180 Å². The number of rotatable bonds is 8. The smallest absolute Gasteiger partial charge is 0.243 e. The van der Waals surface area contributed by atoms with Crippen LogP contribution in [-0.4, -0.2) is 40.7 Å². The fraction of sp³-hybridized carbons (Fsp3) is 0.250. The van der Waals surface area contributed by atoms with Gasteiger partial charge in [-0.25, -0.2) is 13.1 Å². The van der Waals surface area contributed by atoms with E-state index in [1.165, 1.54) is 20.7 Å². The SMILES string of the molecule is CCN(CC)S(=O)(=O)c1cccc(-c2nnc(SCc3ccccc3C#N)n2N)c1. The van der Waals surface area contributed by atoms with Gasteiger partial charge in [-0.1, -0.05) is 55.9 Å². The van der Waals surface area contributed by atoms with Crippen molar-refractivity contribution in [3.05, 3.63) is 59.7 Å². The van der Waals surface area contributed by atoms with Gasteiger partial charge in [0.25, 0.3) is 0 Å². The second-order valence-electron chi connectivity index (χ2n) is 6.35. The van der Waals surface area contributed by atoms with E-state index in [1.807, 2.05) is 18.2 Å². The van der Waals surface area contributed by atoms with Crippen molar-refractivity contribution in [3.8, 4) is 17.5 Å². The lowest BCUT2D eigenvalue weighted by Gasteiger charge is -2.18. The minimum atomic E-state index is -3.59. The lowest BCUT2D eigenvalue weighted by Crippen LogP contribution is -2.30. The zero-order chi connectivity index (χ0) is 21.7. The van der Waals surface area contributed by atoms with Crippen LogP contribution in [0.3, 0.4) is 0 Å². The molecule has 0 aliphatic heterocycles. The molecule has 2 aromatic carbocycles. The normalized spacial score (nSPS) is 11.5. The zero-order valence-corrected chi connectivity index (χ0v) is 18.3. The second-order valence-corrected chi connectivity index (χ2v) is 9.23. The van der Waals surface area contributed by atoms with Gasteiger partial charge in [0.2, 0.25) is 15.2 Å². The molecule has 1 aromatic heterocycles. The number of hydrogen-bond donors (Lipinski definition) is 1. The Balaban J connectivity index is 1.87. The van der Waals surface area contributed by atoms with Crippen molar-refractivity contribution in [2.75, 3.05) is 18.9 Å². The molecule has 8 nitrogen and oxygen atoms in total. The van der Waals surface area contributed by atoms with Crippen molar-refractivity contribution < 1.29 is 8.42 Å². The van der Waals surface area contributed by atoms with Crippen molar-refractivity contribution >= 4 is 21.8 Å². The van der Waals surface area contributed by atoms with Crippen LogP contribution in [-0.2, 0) is 15.8 Å². The molecule has 0 radical (unpaired) electrons. The van der Waals surface area contributed by atoms with Crippen LogP contribution >= 0.6 is 11.8 Å². The highest BCUT2D eigenvalue weighted by molar-refractivity contribution is 7.98. The van der Waals surface area contributed by atoms with Gasteiger partial charge in [-0.05, 0) is 23.8 Å². The van der Waals surface area contributed by atoms with E-state index in [1.54, 1.807) is 44.2 Å². The highest BCUT2D eigenvalue weighted by Crippen LogP contribution is 2.27. The minimum Gasteiger partial charge on any atom is -0.335 e. The number of benzene rings is 2. The molecular weight excluding hydrogens is 420 g/mol. The number of thioether (sulfide) groups is 1. The van der Waals surface area contributed by atoms with Gasteiger partial charge in [0, 0.05) is 24.4 Å². The third-order valence-corrected chi connectivity index (χ3v) is 7.63. The number of nitrogen functional groups attached to an aromatic ring is 1. The molecule has 30 heavy (non-hydrogen) atoms. The third-order valence-electron chi connectivity index (χ3n) is 4.59. The first-order chi connectivity index (χ1) is 14.4. The van der Waals surface area contributed by atoms with Crippen molar-refractivity contribution in [1.29, 1.82) is 5.26 Å². The summed E-state index contributed by atoms with van der Waals surface area (Å²) in [5.41, 5.74) is 2.03. The number of sulfonamides is 1. The Morgan fingerprint density at radius 1 is 1.13 bits per heavy atom. The second kappa shape index (κ2) is 9.30. The van der Waals surface area contributed by atoms with Crippen LogP contribution in [0.1, 0.15) is 25.0 Å². The van der Waals surface area contributed by atoms with E-state index in [2.05, 4.69) is 16.3 Å². The first-order valence-electron chi connectivity index (χ1n) is 9.34. The topological polar surface area (TPSA) is 118 Å². The highest BCUT2D eigenvalue weighted by atomic mass is 32.2. The molecule has 0 unspecified atom stereocenters. The van der Waals surface area contributed by atoms with Crippen LogP contribution in [0.15, 0.2) is 58.6 Å². The zero-order valence-electron chi connectivity index (χ0n) is 16.7. The van der Waals surface area contributed by atoms with Crippen molar-refractivity contribution in [1.82, 2.24) is 19.2 Å². The Kier molecular flexibility index (Phi) is 6.77. The van der Waals surface area contributed by atoms with E-state index in [4.69, 9.17) is 5.84 Å². The van der Waals surface area contributed by atoms with Crippen molar-refractivity contribution in [2.45, 2.75) is 29.7 Å². The van der Waals surface area contributed by atoms with Gasteiger partial charge in [0.1, 0.15) is 0 Å². The average Bonchev–Trinajstić information content (AvgIpc) is 3.13. The van der Waals surface area contributed by atoms with Crippen molar-refractivity contribution in [3.63, 3.8) is 0 Å². The molecule has 0 amide bonds. The Morgan fingerprint density at radius 2 is 1.87 bits per heavy atom. The molecule has 156 valence electrons. The summed E-state index contributed by atoms with van der Waals surface area (Å²) in [6, 6.07) is 16.0. The third kappa shape index (κ3) is 4.33. The molecular formula is C20H22N6O2S2. The summed E-state index contributed by atoms with van der Waals surface area (Å²) in [5.74, 6) is 7.06. The largest absolute Gasteiger partial charge is 0.335 e. The predicted octanol–water partition coefficient (Wildman–Crippen LogP) is 2.85. The molecule has 0 bridgehead atoms. The Hall–Kier alpha value is -2.87. The average molecular weight is 443 g/mol. The monoisotopic (exact) mass is 442 g/mol. The summed E-state index contributed by atoms with van der Waals surface area (Å²) in [6.07, 6.45) is 0. The number of hydrogen-bond acceptors (Lipinski definition) is 7. The van der Waals surface area contributed by atoms with E-state index < -0.39 is 10.0 Å². The maximum absolute atomic E-state index is 12.8. The van der Waals surface area contributed by atoms with E-state index in [0.717, 1.165) is 5.56 Å². The fourth-order valence-corrected chi connectivity index (χ4v) is 5.34. The number of nitrogens with two attached hydrogens (primary N) is 1. The van der Waals surface area contributed by atoms with Gasteiger partial charge < -0.3 is 5.84 Å². The van der Waals surface area contributed by atoms with Crippen LogP contribution < -0.4 is 5.84 Å². The summed E-state index contributed by atoms with van der Waals surface area (Å²) in [5, 5.41) is 18.0. The first kappa shape index (κ1) is 21.8. The molecule has 0 aliphatic rings. The Morgan fingerprint density at radius 3 is 2.57 bits per heavy atom. The molecule has 3 rings (SSSR count). The quantitative estimate of drug-likeness (QED) is 0.421. The van der Waals surface area contributed by atoms with Crippen LogP contribution in [0.25, 0.3) is 11.4 Å². The number of nitriles is 1. The van der Waals surface area contributed by atoms with E-state index >= 15 is 0 Å². The molecule has 10 heteroatoms. The molecule has 0 fully saturated rings. The van der Waals surface area contributed by atoms with E-state index in [9.17, 15) is 13.7 Å². The van der Waals surface area contributed by atoms with Crippen LogP contribution in [0.2, 0.25) is 0 Å². The predicted molar refractivity (Wildman–Crippen MR) is 116 cm³/mol. The number of aromatic nitrogens is 3. The molecule has 0 saturated carbocycles. The first-order valence-corrected chi connectivity index (χ1v) is 11.8. The van der Waals surface area contributed by atoms with Gasteiger partial charge in [0.15, 0.2) is 5.82 Å². The molecule has 3 aromatic rings. The lowest BCUT2D eigenvalue weighted by molar-refractivity contribution is 0.445.